The molecule has 0 heterocycles. The van der Waals surface area contributed by atoms with Crippen LogP contribution in [0.25, 0.3) is 0 Å². The molecule has 0 aliphatic carbocycles. The van der Waals surface area contributed by atoms with E-state index in [1.807, 2.05) is 6.92 Å². The van der Waals surface area contributed by atoms with E-state index in [1.165, 1.54) is 6.07 Å². The summed E-state index contributed by atoms with van der Waals surface area (Å²) < 4.78 is 0.704. The number of nitrogens with one attached hydrogen (secondary N) is 2. The molecule has 1 unspecified atom stereocenters. The number of rotatable bonds is 6. The highest BCUT2D eigenvalue weighted by Crippen LogP contribution is 2.21. The molecule has 3 N–H and O–H groups in total. The van der Waals surface area contributed by atoms with Crippen LogP contribution in [0.15, 0.2) is 22.7 Å². The number of urea groups is 1. The van der Waals surface area contributed by atoms with Crippen LogP contribution in [-0.4, -0.2) is 23.1 Å². The van der Waals surface area contributed by atoms with Crippen molar-refractivity contribution < 1.29 is 14.7 Å². The molecule has 116 valence electrons. The Balaban J connectivity index is 2.66. The van der Waals surface area contributed by atoms with Crippen molar-refractivity contribution in [2.24, 2.45) is 5.92 Å². The minimum Gasteiger partial charge on any atom is -0.478 e. The molecule has 0 saturated carbocycles. The first kappa shape index (κ1) is 17.5. The predicted molar refractivity (Wildman–Crippen MR) is 86.8 cm³/mol. The van der Waals surface area contributed by atoms with Crippen LogP contribution in [0.3, 0.4) is 0 Å². The second kappa shape index (κ2) is 8.02. The van der Waals surface area contributed by atoms with Crippen LogP contribution < -0.4 is 10.6 Å². The van der Waals surface area contributed by atoms with E-state index in [0.717, 1.165) is 12.8 Å². The normalized spacial score (nSPS) is 12.0. The van der Waals surface area contributed by atoms with Crippen LogP contribution in [0.5, 0.6) is 0 Å². The van der Waals surface area contributed by atoms with Crippen molar-refractivity contribution in [3.8, 4) is 0 Å². The number of carbonyl (C=O) groups is 2. The largest absolute Gasteiger partial charge is 0.478 e. The Morgan fingerprint density at radius 1 is 1.24 bits per heavy atom. The van der Waals surface area contributed by atoms with Crippen LogP contribution >= 0.6 is 15.9 Å². The van der Waals surface area contributed by atoms with E-state index in [4.69, 9.17) is 5.11 Å². The number of hydrogen-bond acceptors (Lipinski definition) is 2. The molecular formula is C15H21BrN2O3. The van der Waals surface area contributed by atoms with E-state index in [2.05, 4.69) is 40.4 Å². The lowest BCUT2D eigenvalue weighted by Gasteiger charge is -2.16. The summed E-state index contributed by atoms with van der Waals surface area (Å²) in [5, 5.41) is 14.5. The fraction of sp³-hybridized carbons (Fsp3) is 0.467. The molecule has 0 saturated heterocycles. The third-order valence-electron chi connectivity index (χ3n) is 3.01. The van der Waals surface area contributed by atoms with Crippen LogP contribution in [0.4, 0.5) is 10.5 Å². The fourth-order valence-electron chi connectivity index (χ4n) is 1.84. The van der Waals surface area contributed by atoms with Crippen LogP contribution in [0.1, 0.15) is 44.0 Å². The lowest BCUT2D eigenvalue weighted by molar-refractivity contribution is 0.0698. The van der Waals surface area contributed by atoms with Crippen molar-refractivity contribution in [2.45, 2.75) is 39.7 Å². The molecule has 0 bridgehead atoms. The van der Waals surface area contributed by atoms with Gasteiger partial charge in [0, 0.05) is 10.5 Å². The lowest BCUT2D eigenvalue weighted by atomic mass is 10.0. The highest BCUT2D eigenvalue weighted by atomic mass is 79.9. The number of anilines is 1. The molecule has 5 nitrogen and oxygen atoms in total. The van der Waals surface area contributed by atoms with Gasteiger partial charge in [-0.15, -0.1) is 0 Å². The van der Waals surface area contributed by atoms with Gasteiger partial charge < -0.3 is 15.7 Å². The van der Waals surface area contributed by atoms with Crippen LogP contribution in [-0.2, 0) is 0 Å². The number of carbonyl (C=O) groups excluding carboxylic acids is 1. The summed E-state index contributed by atoms with van der Waals surface area (Å²) in [6.45, 7) is 6.20. The standard InChI is InChI=1S/C15H21BrN2O3/c1-9(2)4-5-10(3)17-15(21)18-13-8-11(16)6-7-12(13)14(19)20/h6-10H,4-5H2,1-3H3,(H,19,20)(H2,17,18,21). The van der Waals surface area contributed by atoms with Gasteiger partial charge in [0.1, 0.15) is 0 Å². The molecule has 0 radical (unpaired) electrons. The van der Waals surface area contributed by atoms with E-state index < -0.39 is 12.0 Å². The van der Waals surface area contributed by atoms with Gasteiger partial charge in [0.15, 0.2) is 0 Å². The SMILES string of the molecule is CC(C)CCC(C)NC(=O)Nc1cc(Br)ccc1C(=O)O. The summed E-state index contributed by atoms with van der Waals surface area (Å²) in [6.07, 6.45) is 1.91. The number of amides is 2. The van der Waals surface area contributed by atoms with Gasteiger partial charge in [-0.3, -0.25) is 0 Å². The zero-order valence-corrected chi connectivity index (χ0v) is 14.0. The van der Waals surface area contributed by atoms with E-state index >= 15 is 0 Å². The zero-order valence-electron chi connectivity index (χ0n) is 12.4. The number of hydrogen-bond donors (Lipinski definition) is 3. The van der Waals surface area contributed by atoms with Crippen molar-refractivity contribution in [3.63, 3.8) is 0 Å². The summed E-state index contributed by atoms with van der Waals surface area (Å²) in [4.78, 5) is 23.1. The first-order valence-corrected chi connectivity index (χ1v) is 7.69. The molecular weight excluding hydrogens is 336 g/mol. The average molecular weight is 357 g/mol. The van der Waals surface area contributed by atoms with Gasteiger partial charge in [0.2, 0.25) is 0 Å². The molecule has 0 aromatic heterocycles. The number of carboxylic acids is 1. The third kappa shape index (κ3) is 6.16. The maximum absolute atomic E-state index is 11.9. The molecule has 1 aromatic rings. The Kier molecular flexibility index (Phi) is 6.68. The highest BCUT2D eigenvalue weighted by Gasteiger charge is 2.14. The maximum Gasteiger partial charge on any atom is 0.337 e. The molecule has 0 aliphatic rings. The average Bonchev–Trinajstić information content (AvgIpc) is 2.35. The van der Waals surface area contributed by atoms with Crippen molar-refractivity contribution in [1.82, 2.24) is 5.32 Å². The lowest BCUT2D eigenvalue weighted by Crippen LogP contribution is -2.36. The number of halogens is 1. The second-order valence-electron chi connectivity index (χ2n) is 5.47. The van der Waals surface area contributed by atoms with Gasteiger partial charge in [0.25, 0.3) is 0 Å². The highest BCUT2D eigenvalue weighted by molar-refractivity contribution is 9.10. The Morgan fingerprint density at radius 2 is 1.90 bits per heavy atom. The topological polar surface area (TPSA) is 78.4 Å². The molecule has 21 heavy (non-hydrogen) atoms. The van der Waals surface area contributed by atoms with Gasteiger partial charge >= 0.3 is 12.0 Å². The zero-order chi connectivity index (χ0) is 16.0. The fourth-order valence-corrected chi connectivity index (χ4v) is 2.21. The van der Waals surface area contributed by atoms with Gasteiger partial charge in [-0.25, -0.2) is 9.59 Å². The number of benzene rings is 1. The minimum absolute atomic E-state index is 0.0350. The summed E-state index contributed by atoms with van der Waals surface area (Å²) in [5.41, 5.74) is 0.327. The van der Waals surface area contributed by atoms with E-state index in [-0.39, 0.29) is 17.3 Å². The van der Waals surface area contributed by atoms with Crippen molar-refractivity contribution in [1.29, 1.82) is 0 Å². The first-order chi connectivity index (χ1) is 9.79. The Hall–Kier alpha value is -1.56. The third-order valence-corrected chi connectivity index (χ3v) is 3.51. The molecule has 1 aromatic carbocycles. The maximum atomic E-state index is 11.9. The Morgan fingerprint density at radius 3 is 2.48 bits per heavy atom. The summed E-state index contributed by atoms with van der Waals surface area (Å²) in [7, 11) is 0. The summed E-state index contributed by atoms with van der Waals surface area (Å²) in [5.74, 6) is -0.494. The molecule has 6 heteroatoms. The molecule has 2 amide bonds. The van der Waals surface area contributed by atoms with Gasteiger partial charge in [-0.2, -0.15) is 0 Å². The van der Waals surface area contributed by atoms with E-state index in [1.54, 1.807) is 12.1 Å². The van der Waals surface area contributed by atoms with Crippen molar-refractivity contribution >= 4 is 33.6 Å². The van der Waals surface area contributed by atoms with Gasteiger partial charge in [-0.1, -0.05) is 29.8 Å². The van der Waals surface area contributed by atoms with Gasteiger partial charge in [0.05, 0.1) is 11.3 Å². The summed E-state index contributed by atoms with van der Waals surface area (Å²) in [6, 6.07) is 4.28. The Labute approximate surface area is 133 Å². The second-order valence-corrected chi connectivity index (χ2v) is 6.38. The molecule has 1 atom stereocenters. The van der Waals surface area contributed by atoms with Crippen LogP contribution in [0.2, 0.25) is 0 Å². The summed E-state index contributed by atoms with van der Waals surface area (Å²) >= 11 is 3.26. The number of aromatic carboxylic acids is 1. The van der Waals surface area contributed by atoms with Crippen molar-refractivity contribution in [3.05, 3.63) is 28.2 Å². The molecule has 0 aliphatic heterocycles. The van der Waals surface area contributed by atoms with E-state index in [9.17, 15) is 9.59 Å². The first-order valence-electron chi connectivity index (χ1n) is 6.90. The van der Waals surface area contributed by atoms with Crippen molar-refractivity contribution in [2.75, 3.05) is 5.32 Å². The molecule has 1 rings (SSSR count). The van der Waals surface area contributed by atoms with E-state index in [0.29, 0.717) is 10.4 Å². The predicted octanol–water partition coefficient (Wildman–Crippen LogP) is 4.09. The van der Waals surface area contributed by atoms with Gasteiger partial charge in [-0.05, 0) is 43.9 Å². The monoisotopic (exact) mass is 356 g/mol. The molecule has 0 spiro atoms. The van der Waals surface area contributed by atoms with Crippen LogP contribution in [0, 0.1) is 5.92 Å². The molecule has 0 fully saturated rings. The number of carboxylic acid groups (broad SMARTS) is 1. The minimum atomic E-state index is -1.08. The Bertz CT molecular complexity index is 518. The smallest absolute Gasteiger partial charge is 0.337 e. The quantitative estimate of drug-likeness (QED) is 0.717.